The molecule has 0 bridgehead atoms. The normalized spacial score (nSPS) is 12.8. The molecule has 1 heterocycles. The molecule has 0 spiro atoms. The van der Waals surface area contributed by atoms with Gasteiger partial charge in [0.05, 0.1) is 12.7 Å². The Morgan fingerprint density at radius 2 is 2.54 bits per heavy atom. The van der Waals surface area contributed by atoms with E-state index in [9.17, 15) is 0 Å². The summed E-state index contributed by atoms with van der Waals surface area (Å²) in [6.45, 7) is 0.562. The molecule has 1 unspecified atom stereocenters. The van der Waals surface area contributed by atoms with Crippen LogP contribution in [0.15, 0.2) is 18.3 Å². The predicted molar refractivity (Wildman–Crippen MR) is 48.9 cm³/mol. The molecule has 1 atom stereocenters. The lowest BCUT2D eigenvalue weighted by Gasteiger charge is -2.20. The summed E-state index contributed by atoms with van der Waals surface area (Å²) in [4.78, 5) is 4.78. The first-order valence-corrected chi connectivity index (χ1v) is 4.13. The molecular weight excluding hydrogens is 166 g/mol. The highest BCUT2D eigenvalue weighted by Crippen LogP contribution is 2.15. The van der Waals surface area contributed by atoms with Gasteiger partial charge in [0.15, 0.2) is 0 Å². The summed E-state index contributed by atoms with van der Waals surface area (Å²) in [5, 5.41) is 17.6. The molecule has 0 amide bonds. The average molecular weight is 179 g/mol. The number of hydrogen-bond donors (Lipinski definition) is 2. The Bertz CT molecular complexity index is 276. The molecule has 2 N–H and O–H groups in total. The maximum Gasteiger partial charge on any atom is 0.138 e. The zero-order chi connectivity index (χ0) is 9.68. The van der Waals surface area contributed by atoms with Crippen LogP contribution in [-0.4, -0.2) is 35.2 Å². The number of H-pyrrole nitrogens is 1. The minimum absolute atomic E-state index is 0.0649. The third kappa shape index (κ3) is 2.31. The van der Waals surface area contributed by atoms with Gasteiger partial charge >= 0.3 is 0 Å². The quantitative estimate of drug-likeness (QED) is 0.707. The van der Waals surface area contributed by atoms with E-state index in [0.717, 1.165) is 5.69 Å². The Hall–Kier alpha value is -1.31. The Morgan fingerprint density at radius 1 is 1.77 bits per heavy atom. The minimum Gasteiger partial charge on any atom is -0.395 e. The Balaban J connectivity index is 2.69. The van der Waals surface area contributed by atoms with E-state index in [1.165, 1.54) is 0 Å². The molecule has 0 aromatic carbocycles. The number of nitrogens with one attached hydrogen (secondary N) is 1. The Labute approximate surface area is 77.4 Å². The van der Waals surface area contributed by atoms with Crippen molar-refractivity contribution in [3.8, 4) is 6.07 Å². The number of nitriles is 1. The fourth-order valence-corrected chi connectivity index (χ4v) is 1.21. The van der Waals surface area contributed by atoms with Crippen LogP contribution in [0, 0.1) is 11.3 Å². The van der Waals surface area contributed by atoms with Gasteiger partial charge in [0, 0.05) is 18.4 Å². The molecule has 0 fully saturated rings. The van der Waals surface area contributed by atoms with Gasteiger partial charge in [-0.2, -0.15) is 5.26 Å². The summed E-state index contributed by atoms with van der Waals surface area (Å²) in [7, 11) is 1.81. The molecule has 0 saturated heterocycles. The van der Waals surface area contributed by atoms with E-state index in [2.05, 4.69) is 11.1 Å². The molecule has 4 heteroatoms. The van der Waals surface area contributed by atoms with Crippen molar-refractivity contribution in [2.45, 2.75) is 6.04 Å². The first-order chi connectivity index (χ1) is 6.29. The predicted octanol–water partition coefficient (Wildman–Crippen LogP) is 0.503. The van der Waals surface area contributed by atoms with Crippen LogP contribution in [0.4, 0.5) is 0 Å². The molecular formula is C9H13N3O. The summed E-state index contributed by atoms with van der Waals surface area (Å²) in [5.41, 5.74) is 0.860. The molecule has 0 saturated carbocycles. The standard InChI is InChI=1S/C9H13N3O/c1-12(5-6-13)9(7-10)8-3-2-4-11-8/h2-4,9,11,13H,5-6H2,1H3. The smallest absolute Gasteiger partial charge is 0.138 e. The first kappa shape index (κ1) is 9.78. The topological polar surface area (TPSA) is 63.0 Å². The van der Waals surface area contributed by atoms with Crippen molar-refractivity contribution in [2.24, 2.45) is 0 Å². The Kier molecular flexibility index (Phi) is 3.50. The first-order valence-electron chi connectivity index (χ1n) is 4.13. The largest absolute Gasteiger partial charge is 0.395 e. The van der Waals surface area contributed by atoms with Crippen LogP contribution in [0.5, 0.6) is 0 Å². The molecule has 0 aliphatic carbocycles. The van der Waals surface area contributed by atoms with Crippen molar-refractivity contribution in [1.29, 1.82) is 5.26 Å². The van der Waals surface area contributed by atoms with Crippen LogP contribution in [0.1, 0.15) is 11.7 Å². The second-order valence-electron chi connectivity index (χ2n) is 2.86. The lowest BCUT2D eigenvalue weighted by molar-refractivity contribution is 0.201. The van der Waals surface area contributed by atoms with Gasteiger partial charge in [0.2, 0.25) is 0 Å². The molecule has 1 aromatic heterocycles. The van der Waals surface area contributed by atoms with E-state index in [-0.39, 0.29) is 12.6 Å². The molecule has 0 aliphatic rings. The Morgan fingerprint density at radius 3 is 3.00 bits per heavy atom. The number of hydrogen-bond acceptors (Lipinski definition) is 3. The third-order valence-electron chi connectivity index (χ3n) is 1.93. The van der Waals surface area contributed by atoms with Crippen molar-refractivity contribution < 1.29 is 5.11 Å². The van der Waals surface area contributed by atoms with Crippen LogP contribution in [0.25, 0.3) is 0 Å². The van der Waals surface area contributed by atoms with Gasteiger partial charge in [-0.05, 0) is 19.2 Å². The fraction of sp³-hybridized carbons (Fsp3) is 0.444. The lowest BCUT2D eigenvalue weighted by atomic mass is 10.2. The highest BCUT2D eigenvalue weighted by atomic mass is 16.3. The number of aliphatic hydroxyl groups is 1. The molecule has 1 rings (SSSR count). The average Bonchev–Trinajstić information content (AvgIpc) is 2.59. The van der Waals surface area contributed by atoms with Crippen LogP contribution < -0.4 is 0 Å². The number of aromatic nitrogens is 1. The molecule has 0 radical (unpaired) electrons. The third-order valence-corrected chi connectivity index (χ3v) is 1.93. The summed E-state index contributed by atoms with van der Waals surface area (Å²) in [6.07, 6.45) is 1.78. The van der Waals surface area contributed by atoms with E-state index < -0.39 is 0 Å². The van der Waals surface area contributed by atoms with Gasteiger partial charge in [0.25, 0.3) is 0 Å². The van der Waals surface area contributed by atoms with Crippen molar-refractivity contribution in [2.75, 3.05) is 20.2 Å². The lowest BCUT2D eigenvalue weighted by Crippen LogP contribution is -2.26. The van der Waals surface area contributed by atoms with Gasteiger partial charge in [0.1, 0.15) is 6.04 Å². The highest BCUT2D eigenvalue weighted by molar-refractivity contribution is 5.16. The van der Waals surface area contributed by atoms with Gasteiger partial charge in [-0.25, -0.2) is 0 Å². The zero-order valence-electron chi connectivity index (χ0n) is 7.57. The maximum atomic E-state index is 8.90. The fourth-order valence-electron chi connectivity index (χ4n) is 1.21. The second-order valence-corrected chi connectivity index (χ2v) is 2.86. The summed E-state index contributed by atoms with van der Waals surface area (Å²) < 4.78 is 0. The molecule has 1 aromatic rings. The van der Waals surface area contributed by atoms with Gasteiger partial charge in [-0.3, -0.25) is 4.90 Å². The van der Waals surface area contributed by atoms with Gasteiger partial charge < -0.3 is 10.1 Å². The number of aromatic amines is 1. The SMILES string of the molecule is CN(CCO)C(C#N)c1ccc[nH]1. The van der Waals surface area contributed by atoms with Crippen molar-refractivity contribution in [3.63, 3.8) is 0 Å². The molecule has 13 heavy (non-hydrogen) atoms. The number of rotatable bonds is 4. The highest BCUT2D eigenvalue weighted by Gasteiger charge is 2.15. The van der Waals surface area contributed by atoms with Crippen molar-refractivity contribution in [3.05, 3.63) is 24.0 Å². The van der Waals surface area contributed by atoms with E-state index in [0.29, 0.717) is 6.54 Å². The van der Waals surface area contributed by atoms with Gasteiger partial charge in [-0.15, -0.1) is 0 Å². The van der Waals surface area contributed by atoms with Crippen molar-refractivity contribution in [1.82, 2.24) is 9.88 Å². The van der Waals surface area contributed by atoms with Crippen LogP contribution in [-0.2, 0) is 0 Å². The summed E-state index contributed by atoms with van der Waals surface area (Å²) in [6, 6.07) is 5.59. The summed E-state index contributed by atoms with van der Waals surface area (Å²) >= 11 is 0. The number of likely N-dealkylation sites (N-methyl/N-ethyl adjacent to an activating group) is 1. The van der Waals surface area contributed by atoms with Crippen LogP contribution in [0.3, 0.4) is 0 Å². The van der Waals surface area contributed by atoms with Crippen molar-refractivity contribution >= 4 is 0 Å². The number of aliphatic hydroxyl groups excluding tert-OH is 1. The second kappa shape index (κ2) is 4.65. The number of nitrogens with zero attached hydrogens (tertiary/aromatic N) is 2. The minimum atomic E-state index is -0.304. The van der Waals surface area contributed by atoms with E-state index in [1.807, 2.05) is 19.2 Å². The molecule has 0 aliphatic heterocycles. The van der Waals surface area contributed by atoms with Crippen LogP contribution >= 0.6 is 0 Å². The summed E-state index contributed by atoms with van der Waals surface area (Å²) in [5.74, 6) is 0. The van der Waals surface area contributed by atoms with E-state index >= 15 is 0 Å². The van der Waals surface area contributed by atoms with E-state index in [4.69, 9.17) is 10.4 Å². The zero-order valence-corrected chi connectivity index (χ0v) is 7.57. The van der Waals surface area contributed by atoms with E-state index in [1.54, 1.807) is 11.1 Å². The maximum absolute atomic E-state index is 8.90. The van der Waals surface area contributed by atoms with Gasteiger partial charge in [-0.1, -0.05) is 0 Å². The van der Waals surface area contributed by atoms with Crippen LogP contribution in [0.2, 0.25) is 0 Å². The molecule has 70 valence electrons. The molecule has 4 nitrogen and oxygen atoms in total. The monoisotopic (exact) mass is 179 g/mol.